The largest absolute Gasteiger partial charge is 0.481 e. The van der Waals surface area contributed by atoms with Gasteiger partial charge in [-0.1, -0.05) is 37.3 Å². The predicted molar refractivity (Wildman–Crippen MR) is 98.3 cm³/mol. The fraction of sp³-hybridized carbons (Fsp3) is 0.600. The molecule has 1 aliphatic heterocycles. The zero-order chi connectivity index (χ0) is 18.4. The van der Waals surface area contributed by atoms with Crippen LogP contribution in [0.4, 0.5) is 0 Å². The van der Waals surface area contributed by atoms with Gasteiger partial charge in [0, 0.05) is 13.6 Å². The highest BCUT2D eigenvalue weighted by molar-refractivity contribution is 5.82. The van der Waals surface area contributed by atoms with E-state index in [1.165, 1.54) is 5.56 Å². The average Bonchev–Trinajstić information content (AvgIpc) is 2.61. The number of likely N-dealkylation sites (N-methyl/N-ethyl adjacent to an activating group) is 1. The highest BCUT2D eigenvalue weighted by Gasteiger charge is 2.29. The Labute approximate surface area is 150 Å². The summed E-state index contributed by atoms with van der Waals surface area (Å²) in [6.45, 7) is 5.66. The van der Waals surface area contributed by atoms with Crippen LogP contribution >= 0.6 is 0 Å². The van der Waals surface area contributed by atoms with E-state index in [0.29, 0.717) is 5.92 Å². The summed E-state index contributed by atoms with van der Waals surface area (Å²) < 4.78 is 0. The van der Waals surface area contributed by atoms with Gasteiger partial charge >= 0.3 is 5.97 Å². The molecule has 1 heterocycles. The molecule has 1 aromatic carbocycles. The van der Waals surface area contributed by atoms with E-state index < -0.39 is 11.9 Å². The molecule has 5 nitrogen and oxygen atoms in total. The van der Waals surface area contributed by atoms with Gasteiger partial charge in [-0.3, -0.25) is 14.5 Å². The van der Waals surface area contributed by atoms with Gasteiger partial charge in [0.1, 0.15) is 0 Å². The Kier molecular flexibility index (Phi) is 7.00. The van der Waals surface area contributed by atoms with Crippen LogP contribution in [0.2, 0.25) is 0 Å². The Hall–Kier alpha value is -1.88. The van der Waals surface area contributed by atoms with Gasteiger partial charge in [0.05, 0.1) is 12.0 Å². The molecule has 1 amide bonds. The zero-order valence-corrected chi connectivity index (χ0v) is 15.5. The zero-order valence-electron chi connectivity index (χ0n) is 15.5. The van der Waals surface area contributed by atoms with Crippen molar-refractivity contribution >= 4 is 11.9 Å². The van der Waals surface area contributed by atoms with Crippen molar-refractivity contribution in [3.8, 4) is 0 Å². The van der Waals surface area contributed by atoms with E-state index in [1.54, 1.807) is 18.9 Å². The topological polar surface area (TPSA) is 60.9 Å². The summed E-state index contributed by atoms with van der Waals surface area (Å²) in [7, 11) is 1.69. The molecule has 0 bridgehead atoms. The average molecular weight is 346 g/mol. The molecule has 5 heteroatoms. The summed E-state index contributed by atoms with van der Waals surface area (Å²) in [5.74, 6) is -0.730. The van der Waals surface area contributed by atoms with Crippen LogP contribution in [0.1, 0.15) is 32.3 Å². The normalized spacial score (nSPS) is 18.5. The first kappa shape index (κ1) is 19.4. The van der Waals surface area contributed by atoms with Crippen molar-refractivity contribution in [2.45, 2.75) is 39.2 Å². The van der Waals surface area contributed by atoms with Gasteiger partial charge in [-0.05, 0) is 50.8 Å². The molecule has 0 spiro atoms. The number of carbonyl (C=O) groups is 2. The lowest BCUT2D eigenvalue weighted by atomic mass is 9.89. The molecule has 138 valence electrons. The van der Waals surface area contributed by atoms with Crippen LogP contribution in [-0.2, 0) is 16.0 Å². The summed E-state index contributed by atoms with van der Waals surface area (Å²) in [6.07, 6.45) is 3.30. The number of benzene rings is 1. The molecule has 0 saturated carbocycles. The molecule has 1 N–H and O–H groups in total. The number of carboxylic acids is 1. The number of amides is 1. The Morgan fingerprint density at radius 2 is 1.80 bits per heavy atom. The van der Waals surface area contributed by atoms with E-state index in [1.807, 2.05) is 13.0 Å². The molecule has 0 aromatic heterocycles. The lowest BCUT2D eigenvalue weighted by Gasteiger charge is -2.37. The Balaban J connectivity index is 1.81. The molecule has 0 aliphatic carbocycles. The summed E-state index contributed by atoms with van der Waals surface area (Å²) in [5, 5.41) is 9.00. The molecule has 25 heavy (non-hydrogen) atoms. The summed E-state index contributed by atoms with van der Waals surface area (Å²) in [5.41, 5.74) is 1.38. The van der Waals surface area contributed by atoms with Crippen LogP contribution in [0.15, 0.2) is 30.3 Å². The number of likely N-dealkylation sites (tertiary alicyclic amines) is 1. The predicted octanol–water partition coefficient (Wildman–Crippen LogP) is 2.51. The van der Waals surface area contributed by atoms with Crippen molar-refractivity contribution in [3.05, 3.63) is 35.9 Å². The number of piperidine rings is 1. The molecule has 0 radical (unpaired) electrons. The minimum Gasteiger partial charge on any atom is -0.481 e. The SMILES string of the molecule is CC(CN(C)C(=O)C(C)N1CCC(Cc2ccccc2)CC1)C(=O)O. The molecule has 1 saturated heterocycles. The first-order valence-corrected chi connectivity index (χ1v) is 9.14. The van der Waals surface area contributed by atoms with E-state index in [-0.39, 0.29) is 18.5 Å². The van der Waals surface area contributed by atoms with Crippen molar-refractivity contribution in [2.24, 2.45) is 11.8 Å². The van der Waals surface area contributed by atoms with Crippen LogP contribution in [0.5, 0.6) is 0 Å². The number of rotatable bonds is 7. The Morgan fingerprint density at radius 3 is 2.36 bits per heavy atom. The summed E-state index contributed by atoms with van der Waals surface area (Å²) in [4.78, 5) is 27.3. The van der Waals surface area contributed by atoms with Crippen LogP contribution < -0.4 is 0 Å². The summed E-state index contributed by atoms with van der Waals surface area (Å²) >= 11 is 0. The minimum absolute atomic E-state index is 0.00890. The fourth-order valence-electron chi connectivity index (χ4n) is 3.55. The second-order valence-corrected chi connectivity index (χ2v) is 7.30. The molecule has 1 aliphatic rings. The minimum atomic E-state index is -0.867. The number of carboxylic acid groups (broad SMARTS) is 1. The van der Waals surface area contributed by atoms with Crippen molar-refractivity contribution in [1.29, 1.82) is 0 Å². The number of aliphatic carboxylic acids is 1. The quantitative estimate of drug-likeness (QED) is 0.824. The molecule has 1 fully saturated rings. The van der Waals surface area contributed by atoms with E-state index in [4.69, 9.17) is 5.11 Å². The van der Waals surface area contributed by atoms with Gasteiger partial charge < -0.3 is 10.0 Å². The van der Waals surface area contributed by atoms with E-state index in [0.717, 1.165) is 32.4 Å². The Bertz CT molecular complexity index is 568. The number of nitrogens with zero attached hydrogens (tertiary/aromatic N) is 2. The lowest BCUT2D eigenvalue weighted by Crippen LogP contribution is -2.49. The van der Waals surface area contributed by atoms with Crippen LogP contribution in [0, 0.1) is 11.8 Å². The van der Waals surface area contributed by atoms with Crippen LogP contribution in [0.3, 0.4) is 0 Å². The maximum absolute atomic E-state index is 12.6. The lowest BCUT2D eigenvalue weighted by molar-refractivity contribution is -0.143. The highest BCUT2D eigenvalue weighted by Crippen LogP contribution is 2.23. The standard InChI is InChI=1S/C20H30N2O3/c1-15(20(24)25)14-21(3)19(23)16(2)22-11-9-18(10-12-22)13-17-7-5-4-6-8-17/h4-8,15-16,18H,9-14H2,1-3H3,(H,24,25). The van der Waals surface area contributed by atoms with Crippen LogP contribution in [0.25, 0.3) is 0 Å². The highest BCUT2D eigenvalue weighted by atomic mass is 16.4. The van der Waals surface area contributed by atoms with E-state index in [2.05, 4.69) is 29.2 Å². The van der Waals surface area contributed by atoms with Crippen molar-refractivity contribution < 1.29 is 14.7 Å². The first-order chi connectivity index (χ1) is 11.9. The first-order valence-electron chi connectivity index (χ1n) is 9.14. The van der Waals surface area contributed by atoms with Crippen molar-refractivity contribution in [2.75, 3.05) is 26.7 Å². The Morgan fingerprint density at radius 1 is 1.20 bits per heavy atom. The van der Waals surface area contributed by atoms with Crippen molar-refractivity contribution in [1.82, 2.24) is 9.80 Å². The maximum atomic E-state index is 12.6. The monoisotopic (exact) mass is 346 g/mol. The number of hydrogen-bond acceptors (Lipinski definition) is 3. The van der Waals surface area contributed by atoms with E-state index >= 15 is 0 Å². The van der Waals surface area contributed by atoms with Crippen LogP contribution in [-0.4, -0.2) is 59.5 Å². The van der Waals surface area contributed by atoms with Gasteiger partial charge in [0.15, 0.2) is 0 Å². The number of hydrogen-bond donors (Lipinski definition) is 1. The second kappa shape index (κ2) is 8.99. The second-order valence-electron chi connectivity index (χ2n) is 7.30. The van der Waals surface area contributed by atoms with Gasteiger partial charge in [-0.25, -0.2) is 0 Å². The van der Waals surface area contributed by atoms with Crippen molar-refractivity contribution in [3.63, 3.8) is 0 Å². The third-order valence-corrected chi connectivity index (χ3v) is 5.27. The fourth-order valence-corrected chi connectivity index (χ4v) is 3.55. The molecule has 1 aromatic rings. The molecule has 2 atom stereocenters. The van der Waals surface area contributed by atoms with E-state index in [9.17, 15) is 9.59 Å². The third kappa shape index (κ3) is 5.56. The van der Waals surface area contributed by atoms with Gasteiger partial charge in [0.25, 0.3) is 0 Å². The number of carbonyl (C=O) groups excluding carboxylic acids is 1. The molecule has 2 rings (SSSR count). The molecule has 2 unspecified atom stereocenters. The van der Waals surface area contributed by atoms with Gasteiger partial charge in [-0.2, -0.15) is 0 Å². The molecular weight excluding hydrogens is 316 g/mol. The summed E-state index contributed by atoms with van der Waals surface area (Å²) in [6, 6.07) is 10.4. The maximum Gasteiger partial charge on any atom is 0.308 e. The van der Waals surface area contributed by atoms with Gasteiger partial charge in [-0.15, -0.1) is 0 Å². The third-order valence-electron chi connectivity index (χ3n) is 5.27. The van der Waals surface area contributed by atoms with Gasteiger partial charge in [0.2, 0.25) is 5.91 Å². The smallest absolute Gasteiger partial charge is 0.308 e. The molecular formula is C20H30N2O3.